The number of thioether (sulfide) groups is 1. The quantitative estimate of drug-likeness (QED) is 0.481. The number of hydrogen-bond donors (Lipinski definition) is 1. The number of aromatic nitrogens is 2. The third kappa shape index (κ3) is 4.05. The van der Waals surface area contributed by atoms with Gasteiger partial charge in [-0.2, -0.15) is 0 Å². The van der Waals surface area contributed by atoms with E-state index >= 15 is 0 Å². The molecular weight excluding hydrogens is 346 g/mol. The predicted molar refractivity (Wildman–Crippen MR) is 94.5 cm³/mol. The molecule has 1 N–H and O–H groups in total. The lowest BCUT2D eigenvalue weighted by Gasteiger charge is -2.06. The maximum absolute atomic E-state index is 11.9. The summed E-state index contributed by atoms with van der Waals surface area (Å²) >= 11 is 2.96. The summed E-state index contributed by atoms with van der Waals surface area (Å²) in [7, 11) is 0. The molecule has 1 aliphatic carbocycles. The van der Waals surface area contributed by atoms with Crippen LogP contribution in [0.1, 0.15) is 29.1 Å². The van der Waals surface area contributed by atoms with Gasteiger partial charge in [-0.15, -0.1) is 11.3 Å². The highest BCUT2D eigenvalue weighted by molar-refractivity contribution is 8.00. The van der Waals surface area contributed by atoms with Gasteiger partial charge < -0.3 is 10.1 Å². The first-order valence-electron chi connectivity index (χ1n) is 7.76. The van der Waals surface area contributed by atoms with Crippen molar-refractivity contribution in [2.75, 3.05) is 12.4 Å². The number of ether oxygens (including phenoxy) is 1. The fourth-order valence-electron chi connectivity index (χ4n) is 2.23. The Morgan fingerprint density at radius 3 is 2.75 bits per heavy atom. The summed E-state index contributed by atoms with van der Waals surface area (Å²) in [5.74, 6) is 0.153. The van der Waals surface area contributed by atoms with Gasteiger partial charge in [-0.25, -0.2) is 9.97 Å². The van der Waals surface area contributed by atoms with Gasteiger partial charge in [-0.05, 0) is 39.2 Å². The van der Waals surface area contributed by atoms with Crippen LogP contribution >= 0.6 is 23.1 Å². The van der Waals surface area contributed by atoms with Crippen molar-refractivity contribution in [3.05, 3.63) is 16.3 Å². The Morgan fingerprint density at radius 2 is 2.04 bits per heavy atom. The number of carbonyl (C=O) groups is 2. The van der Waals surface area contributed by atoms with Crippen LogP contribution in [0.15, 0.2) is 5.03 Å². The molecule has 0 unspecified atom stereocenters. The summed E-state index contributed by atoms with van der Waals surface area (Å²) in [4.78, 5) is 34.5. The number of fused-ring (bicyclic) bond motifs is 1. The second kappa shape index (κ2) is 7.06. The lowest BCUT2D eigenvalue weighted by Crippen LogP contribution is -2.30. The van der Waals surface area contributed by atoms with Gasteiger partial charge in [0.1, 0.15) is 15.7 Å². The van der Waals surface area contributed by atoms with Gasteiger partial charge in [0.2, 0.25) is 0 Å². The van der Waals surface area contributed by atoms with E-state index in [9.17, 15) is 9.59 Å². The van der Waals surface area contributed by atoms with E-state index in [1.165, 1.54) is 16.6 Å². The second-order valence-corrected chi connectivity index (χ2v) is 8.00. The number of aryl methyl sites for hydroxylation is 3. The lowest BCUT2D eigenvalue weighted by molar-refractivity contribution is -0.145. The molecule has 3 rings (SSSR count). The molecule has 8 heteroatoms. The molecule has 0 saturated heterocycles. The minimum Gasteiger partial charge on any atom is -0.455 e. The number of esters is 1. The van der Waals surface area contributed by atoms with Crippen molar-refractivity contribution >= 4 is 45.2 Å². The van der Waals surface area contributed by atoms with Crippen molar-refractivity contribution in [2.45, 2.75) is 44.7 Å². The maximum Gasteiger partial charge on any atom is 0.316 e. The predicted octanol–water partition coefficient (Wildman–Crippen LogP) is 2.53. The first-order chi connectivity index (χ1) is 11.4. The van der Waals surface area contributed by atoms with Gasteiger partial charge in [0.05, 0.1) is 5.75 Å². The van der Waals surface area contributed by atoms with E-state index in [-0.39, 0.29) is 24.3 Å². The molecule has 0 aromatic carbocycles. The fourth-order valence-corrected chi connectivity index (χ4v) is 4.30. The van der Waals surface area contributed by atoms with Crippen LogP contribution in [0.2, 0.25) is 0 Å². The van der Waals surface area contributed by atoms with E-state index < -0.39 is 5.97 Å². The minimum absolute atomic E-state index is 0.122. The van der Waals surface area contributed by atoms with Crippen molar-refractivity contribution in [2.24, 2.45) is 0 Å². The minimum atomic E-state index is -0.417. The van der Waals surface area contributed by atoms with E-state index in [4.69, 9.17) is 4.74 Å². The van der Waals surface area contributed by atoms with Crippen LogP contribution in [-0.4, -0.2) is 40.2 Å². The van der Waals surface area contributed by atoms with Crippen LogP contribution in [0.25, 0.3) is 10.2 Å². The van der Waals surface area contributed by atoms with E-state index in [1.807, 2.05) is 13.8 Å². The van der Waals surface area contributed by atoms with Crippen molar-refractivity contribution in [3.63, 3.8) is 0 Å². The van der Waals surface area contributed by atoms with Crippen molar-refractivity contribution in [1.29, 1.82) is 0 Å². The molecule has 0 aliphatic heterocycles. The number of nitrogens with one attached hydrogen (secondary N) is 1. The number of carbonyl (C=O) groups excluding carboxylic acids is 2. The molecular formula is C16H19N3O3S2. The van der Waals surface area contributed by atoms with E-state index in [0.29, 0.717) is 5.82 Å². The first kappa shape index (κ1) is 17.2. The summed E-state index contributed by atoms with van der Waals surface area (Å²) in [6, 6.07) is 0.271. The van der Waals surface area contributed by atoms with Gasteiger partial charge in [0, 0.05) is 16.3 Å². The Hall–Kier alpha value is -1.67. The third-order valence-corrected chi connectivity index (χ3v) is 5.79. The average Bonchev–Trinajstić information content (AvgIpc) is 3.28. The smallest absolute Gasteiger partial charge is 0.316 e. The number of hydrogen-bond acceptors (Lipinski definition) is 7. The topological polar surface area (TPSA) is 81.2 Å². The number of amides is 1. The van der Waals surface area contributed by atoms with Crippen LogP contribution < -0.4 is 5.32 Å². The molecule has 24 heavy (non-hydrogen) atoms. The zero-order valence-corrected chi connectivity index (χ0v) is 15.5. The molecule has 1 fully saturated rings. The monoisotopic (exact) mass is 365 g/mol. The average molecular weight is 365 g/mol. The SMILES string of the molecule is Cc1nc(SCC(=O)OCC(=O)NC2CC2)c2c(C)c(C)sc2n1. The highest BCUT2D eigenvalue weighted by atomic mass is 32.2. The Morgan fingerprint density at radius 1 is 1.29 bits per heavy atom. The first-order valence-corrected chi connectivity index (χ1v) is 9.56. The standard InChI is InChI=1S/C16H19N3O3S2/c1-8-9(2)24-16-14(8)15(17-10(3)18-16)23-7-13(21)22-6-12(20)19-11-4-5-11/h11H,4-7H2,1-3H3,(H,19,20). The molecule has 6 nitrogen and oxygen atoms in total. The molecule has 1 aliphatic rings. The number of nitrogens with zero attached hydrogens (tertiary/aromatic N) is 2. The Labute approximate surface area is 148 Å². The van der Waals surface area contributed by atoms with Crippen LogP contribution in [0.5, 0.6) is 0 Å². The van der Waals surface area contributed by atoms with Gasteiger partial charge in [-0.1, -0.05) is 11.8 Å². The third-order valence-electron chi connectivity index (χ3n) is 3.74. The van der Waals surface area contributed by atoms with Gasteiger partial charge in [0.25, 0.3) is 5.91 Å². The van der Waals surface area contributed by atoms with Crippen LogP contribution in [0.4, 0.5) is 0 Å². The highest BCUT2D eigenvalue weighted by Gasteiger charge is 2.23. The second-order valence-electron chi connectivity index (χ2n) is 5.83. The molecule has 1 amide bonds. The van der Waals surface area contributed by atoms with Crippen molar-refractivity contribution < 1.29 is 14.3 Å². The Kier molecular flexibility index (Phi) is 5.05. The summed E-state index contributed by atoms with van der Waals surface area (Å²) in [5.41, 5.74) is 1.15. The zero-order chi connectivity index (χ0) is 17.3. The highest BCUT2D eigenvalue weighted by Crippen LogP contribution is 2.35. The summed E-state index contributed by atoms with van der Waals surface area (Å²) in [6.45, 7) is 5.72. The van der Waals surface area contributed by atoms with Crippen molar-refractivity contribution in [1.82, 2.24) is 15.3 Å². The van der Waals surface area contributed by atoms with E-state index in [1.54, 1.807) is 11.3 Å². The van der Waals surface area contributed by atoms with E-state index in [2.05, 4.69) is 22.2 Å². The molecule has 0 spiro atoms. The molecule has 0 radical (unpaired) electrons. The maximum atomic E-state index is 11.9. The zero-order valence-electron chi connectivity index (χ0n) is 13.8. The largest absolute Gasteiger partial charge is 0.455 e. The summed E-state index contributed by atoms with van der Waals surface area (Å²) in [6.07, 6.45) is 2.02. The fraction of sp³-hybridized carbons (Fsp3) is 0.500. The molecule has 0 atom stereocenters. The molecule has 128 valence electrons. The number of rotatable bonds is 6. The van der Waals surface area contributed by atoms with E-state index in [0.717, 1.165) is 33.6 Å². The van der Waals surface area contributed by atoms with Crippen LogP contribution in [0, 0.1) is 20.8 Å². The summed E-state index contributed by atoms with van der Waals surface area (Å²) in [5, 5.41) is 4.58. The normalized spacial score (nSPS) is 14.0. The molecule has 2 aromatic rings. The van der Waals surface area contributed by atoms with Crippen LogP contribution in [-0.2, 0) is 14.3 Å². The van der Waals surface area contributed by atoms with Gasteiger partial charge in [0.15, 0.2) is 6.61 Å². The van der Waals surface area contributed by atoms with Gasteiger partial charge >= 0.3 is 5.97 Å². The van der Waals surface area contributed by atoms with Gasteiger partial charge in [-0.3, -0.25) is 9.59 Å². The molecule has 0 bridgehead atoms. The van der Waals surface area contributed by atoms with Crippen molar-refractivity contribution in [3.8, 4) is 0 Å². The molecule has 1 saturated carbocycles. The molecule has 2 aromatic heterocycles. The summed E-state index contributed by atoms with van der Waals surface area (Å²) < 4.78 is 5.02. The number of thiophene rings is 1. The lowest BCUT2D eigenvalue weighted by atomic mass is 10.2. The molecule has 2 heterocycles. The van der Waals surface area contributed by atoms with Crippen LogP contribution in [0.3, 0.4) is 0 Å². The Balaban J connectivity index is 1.60. The Bertz CT molecular complexity index is 799.